The van der Waals surface area contributed by atoms with Crippen molar-refractivity contribution in [2.24, 2.45) is 0 Å². The Labute approximate surface area is 186 Å². The zero-order valence-corrected chi connectivity index (χ0v) is 18.0. The van der Waals surface area contributed by atoms with E-state index in [0.717, 1.165) is 36.9 Å². The summed E-state index contributed by atoms with van der Waals surface area (Å²) >= 11 is 6.02. The van der Waals surface area contributed by atoms with Crippen molar-refractivity contribution in [1.82, 2.24) is 9.88 Å². The average Bonchev–Trinajstić information content (AvgIpc) is 3.12. The van der Waals surface area contributed by atoms with Crippen molar-refractivity contribution in [1.29, 1.82) is 5.26 Å². The maximum absolute atomic E-state index is 13.0. The van der Waals surface area contributed by atoms with Crippen LogP contribution in [0, 0.1) is 23.2 Å². The minimum Gasteiger partial charge on any atom is -0.337 e. The fourth-order valence-electron chi connectivity index (χ4n) is 4.03. The van der Waals surface area contributed by atoms with Crippen LogP contribution in [0.15, 0.2) is 30.5 Å². The molecule has 2 heterocycles. The Morgan fingerprint density at radius 2 is 2.06 bits per heavy atom. The Bertz CT molecular complexity index is 1090. The third-order valence-electron chi connectivity index (χ3n) is 5.73. The Morgan fingerprint density at radius 3 is 2.77 bits per heavy atom. The second kappa shape index (κ2) is 9.39. The predicted octanol–water partition coefficient (Wildman–Crippen LogP) is 4.45. The molecule has 1 amide bonds. The molecule has 6 nitrogen and oxygen atoms in total. The van der Waals surface area contributed by atoms with Crippen LogP contribution < -0.4 is 4.89 Å². The van der Waals surface area contributed by atoms with Gasteiger partial charge < -0.3 is 9.79 Å². The van der Waals surface area contributed by atoms with Crippen molar-refractivity contribution in [3.63, 3.8) is 0 Å². The summed E-state index contributed by atoms with van der Waals surface area (Å²) in [5.74, 6) is 6.41. The van der Waals surface area contributed by atoms with Gasteiger partial charge in [-0.3, -0.25) is 9.78 Å². The quantitative estimate of drug-likeness (QED) is 0.394. The van der Waals surface area contributed by atoms with E-state index in [2.05, 4.69) is 16.8 Å². The first kappa shape index (κ1) is 21.2. The molecule has 0 N–H and O–H groups in total. The van der Waals surface area contributed by atoms with E-state index in [1.165, 1.54) is 0 Å². The fraction of sp³-hybridized carbons (Fsp3) is 0.375. The number of fused-ring (bicyclic) bond motifs is 1. The molecule has 7 heteroatoms. The first-order chi connectivity index (χ1) is 15.1. The fourth-order valence-corrected chi connectivity index (χ4v) is 4.25. The molecule has 0 bridgehead atoms. The summed E-state index contributed by atoms with van der Waals surface area (Å²) in [6.45, 7) is 2.36. The van der Waals surface area contributed by atoms with E-state index in [1.807, 2.05) is 23.2 Å². The third kappa shape index (κ3) is 4.66. The number of halogens is 1. The predicted molar refractivity (Wildman–Crippen MR) is 115 cm³/mol. The van der Waals surface area contributed by atoms with Crippen LogP contribution in [0.4, 0.5) is 0 Å². The van der Waals surface area contributed by atoms with Gasteiger partial charge in [-0.15, -0.1) is 5.92 Å². The zero-order chi connectivity index (χ0) is 21.8. The molecule has 158 valence electrons. The lowest BCUT2D eigenvalue weighted by molar-refractivity contribution is -0.252. The smallest absolute Gasteiger partial charge is 0.256 e. The lowest BCUT2D eigenvalue weighted by Gasteiger charge is -2.33. The van der Waals surface area contributed by atoms with Gasteiger partial charge in [0, 0.05) is 24.7 Å². The average molecular weight is 436 g/mol. The van der Waals surface area contributed by atoms with Crippen molar-refractivity contribution in [3.8, 4) is 23.7 Å². The molecule has 1 saturated carbocycles. The SMILES string of the molecule is CC#CCc1cnc2c(c1)C(=O)N(C1CCC(OOc3ccc(C#N)c(Cl)c3)CC1)C2. The van der Waals surface area contributed by atoms with Crippen LogP contribution in [0.1, 0.15) is 59.8 Å². The molecule has 0 radical (unpaired) electrons. The van der Waals surface area contributed by atoms with Gasteiger partial charge in [0.2, 0.25) is 0 Å². The number of benzene rings is 1. The monoisotopic (exact) mass is 435 g/mol. The van der Waals surface area contributed by atoms with Gasteiger partial charge in [-0.2, -0.15) is 10.1 Å². The molecular weight excluding hydrogens is 414 g/mol. The van der Waals surface area contributed by atoms with E-state index in [9.17, 15) is 4.79 Å². The molecule has 0 saturated heterocycles. The van der Waals surface area contributed by atoms with E-state index in [0.29, 0.717) is 34.9 Å². The van der Waals surface area contributed by atoms with Gasteiger partial charge >= 0.3 is 0 Å². The van der Waals surface area contributed by atoms with Crippen molar-refractivity contribution < 1.29 is 14.6 Å². The molecule has 0 atom stereocenters. The number of rotatable bonds is 5. The van der Waals surface area contributed by atoms with Crippen molar-refractivity contribution in [2.75, 3.05) is 0 Å². The van der Waals surface area contributed by atoms with Crippen LogP contribution in [0.5, 0.6) is 5.75 Å². The van der Waals surface area contributed by atoms with Gasteiger partial charge in [0.15, 0.2) is 5.75 Å². The second-order valence-corrected chi connectivity index (χ2v) is 8.15. The maximum atomic E-state index is 13.0. The minimum absolute atomic E-state index is 0.0527. The minimum atomic E-state index is -0.0527. The Balaban J connectivity index is 1.30. The summed E-state index contributed by atoms with van der Waals surface area (Å²) in [6.07, 6.45) is 5.64. The molecule has 1 aromatic heterocycles. The van der Waals surface area contributed by atoms with E-state index in [4.69, 9.17) is 26.6 Å². The normalized spacial score (nSPS) is 19.9. The summed E-state index contributed by atoms with van der Waals surface area (Å²) in [5.41, 5.74) is 2.92. The first-order valence-corrected chi connectivity index (χ1v) is 10.7. The number of pyridine rings is 1. The molecule has 1 aliphatic carbocycles. The standard InChI is InChI=1S/C24H22ClN3O3/c1-2-3-4-16-11-21-23(27-14-16)15-28(24(21)29)18-6-9-19(10-7-18)30-31-20-8-5-17(13-26)22(25)12-20/h5,8,11-12,14,18-19H,4,6-7,9-10,15H2,1H3. The van der Waals surface area contributed by atoms with Gasteiger partial charge in [-0.25, -0.2) is 0 Å². The zero-order valence-electron chi connectivity index (χ0n) is 17.2. The van der Waals surface area contributed by atoms with E-state index in [-0.39, 0.29) is 18.1 Å². The van der Waals surface area contributed by atoms with Crippen molar-refractivity contribution in [2.45, 2.75) is 57.7 Å². The Hall–Kier alpha value is -3.06. The van der Waals surface area contributed by atoms with Gasteiger partial charge in [-0.1, -0.05) is 17.5 Å². The lowest BCUT2D eigenvalue weighted by atomic mass is 9.92. The topological polar surface area (TPSA) is 75.5 Å². The third-order valence-corrected chi connectivity index (χ3v) is 6.05. The van der Waals surface area contributed by atoms with Gasteiger partial charge in [0.1, 0.15) is 12.2 Å². The lowest BCUT2D eigenvalue weighted by Crippen LogP contribution is -2.39. The highest BCUT2D eigenvalue weighted by atomic mass is 35.5. The number of aromatic nitrogens is 1. The van der Waals surface area contributed by atoms with Crippen LogP contribution in [0.2, 0.25) is 5.02 Å². The molecule has 1 fully saturated rings. The molecule has 2 aromatic rings. The number of amides is 1. The molecule has 4 rings (SSSR count). The molecule has 2 aliphatic rings. The molecule has 0 spiro atoms. The van der Waals surface area contributed by atoms with E-state index in [1.54, 1.807) is 25.1 Å². The highest BCUT2D eigenvalue weighted by Crippen LogP contribution is 2.32. The molecular formula is C24H22ClN3O3. The van der Waals surface area contributed by atoms with E-state index >= 15 is 0 Å². The largest absolute Gasteiger partial charge is 0.337 e. The molecule has 1 aliphatic heterocycles. The van der Waals surface area contributed by atoms with Crippen LogP contribution in [0.3, 0.4) is 0 Å². The van der Waals surface area contributed by atoms with Gasteiger partial charge in [0.25, 0.3) is 5.91 Å². The van der Waals surface area contributed by atoms with Crippen molar-refractivity contribution >= 4 is 17.5 Å². The highest BCUT2D eigenvalue weighted by Gasteiger charge is 2.36. The Morgan fingerprint density at radius 1 is 1.26 bits per heavy atom. The summed E-state index contributed by atoms with van der Waals surface area (Å²) in [5, 5.41) is 9.27. The molecule has 0 unspecified atom stereocenters. The Kier molecular flexibility index (Phi) is 6.42. The highest BCUT2D eigenvalue weighted by molar-refractivity contribution is 6.31. The molecule has 31 heavy (non-hydrogen) atoms. The summed E-state index contributed by atoms with van der Waals surface area (Å²) in [7, 11) is 0. The second-order valence-electron chi connectivity index (χ2n) is 7.74. The number of nitriles is 1. The maximum Gasteiger partial charge on any atom is 0.256 e. The summed E-state index contributed by atoms with van der Waals surface area (Å²) in [6, 6.07) is 8.94. The number of carbonyl (C=O) groups excluding carboxylic acids is 1. The van der Waals surface area contributed by atoms with Gasteiger partial charge in [0.05, 0.1) is 28.4 Å². The van der Waals surface area contributed by atoms with Crippen LogP contribution in [0.25, 0.3) is 0 Å². The number of nitrogens with zero attached hydrogens (tertiary/aromatic N) is 3. The molecule has 1 aromatic carbocycles. The number of hydrogen-bond acceptors (Lipinski definition) is 5. The van der Waals surface area contributed by atoms with E-state index < -0.39 is 0 Å². The first-order valence-electron chi connectivity index (χ1n) is 10.3. The van der Waals surface area contributed by atoms with Gasteiger partial charge in [-0.05, 0) is 56.4 Å². The van der Waals surface area contributed by atoms with Crippen LogP contribution in [-0.4, -0.2) is 27.9 Å². The number of carbonyl (C=O) groups is 1. The summed E-state index contributed by atoms with van der Waals surface area (Å²) < 4.78 is 0. The number of hydrogen-bond donors (Lipinski definition) is 0. The van der Waals surface area contributed by atoms with Crippen LogP contribution in [-0.2, 0) is 17.9 Å². The van der Waals surface area contributed by atoms with Crippen LogP contribution >= 0.6 is 11.6 Å². The van der Waals surface area contributed by atoms with Crippen molar-refractivity contribution in [3.05, 3.63) is 57.9 Å². The summed E-state index contributed by atoms with van der Waals surface area (Å²) in [4.78, 5) is 30.4.